The first-order valence-corrected chi connectivity index (χ1v) is 10.4. The van der Waals surface area contributed by atoms with Crippen LogP contribution < -0.4 is 4.18 Å². The number of benzene rings is 2. The van der Waals surface area contributed by atoms with E-state index in [0.29, 0.717) is 17.1 Å². The number of halogens is 1. The predicted molar refractivity (Wildman–Crippen MR) is 103 cm³/mol. The van der Waals surface area contributed by atoms with Crippen molar-refractivity contribution in [3.05, 3.63) is 64.7 Å². The number of amides is 1. The highest BCUT2D eigenvalue weighted by Crippen LogP contribution is 2.22. The summed E-state index contributed by atoms with van der Waals surface area (Å²) in [5, 5.41) is 0.419. The molecule has 140 valence electrons. The number of hydrogen-bond donors (Lipinski definition) is 0. The minimum atomic E-state index is -3.56. The summed E-state index contributed by atoms with van der Waals surface area (Å²) >= 11 is 6.18. The molecule has 2 rings (SSSR count). The third-order valence-corrected chi connectivity index (χ3v) is 4.84. The molecule has 0 fully saturated rings. The van der Waals surface area contributed by atoms with Gasteiger partial charge in [-0.1, -0.05) is 42.8 Å². The van der Waals surface area contributed by atoms with Crippen LogP contribution in [0.3, 0.4) is 0 Å². The standard InChI is InChI=1S/C19H22ClNO4S/c1-4-14(2)21(19(22)17-7-5-6-8-18(17)20)13-15-9-11-16(12-10-15)25-26(3,23)24/h5-12,14H,4,13H2,1-3H3/t14-/m0/s1. The van der Waals surface area contributed by atoms with Gasteiger partial charge in [0.15, 0.2) is 0 Å². The van der Waals surface area contributed by atoms with Gasteiger partial charge in [-0.3, -0.25) is 4.79 Å². The topological polar surface area (TPSA) is 63.7 Å². The van der Waals surface area contributed by atoms with Gasteiger partial charge in [-0.05, 0) is 43.2 Å². The minimum Gasteiger partial charge on any atom is -0.383 e. The van der Waals surface area contributed by atoms with Gasteiger partial charge in [0.05, 0.1) is 16.8 Å². The fourth-order valence-electron chi connectivity index (χ4n) is 2.46. The summed E-state index contributed by atoms with van der Waals surface area (Å²) in [6.45, 7) is 4.38. The summed E-state index contributed by atoms with van der Waals surface area (Å²) in [6.07, 6.45) is 1.79. The molecule has 0 radical (unpaired) electrons. The van der Waals surface area contributed by atoms with Crippen LogP contribution in [0, 0.1) is 0 Å². The number of hydrogen-bond acceptors (Lipinski definition) is 4. The van der Waals surface area contributed by atoms with Crippen molar-refractivity contribution in [3.63, 3.8) is 0 Å². The fraction of sp³-hybridized carbons (Fsp3) is 0.316. The average Bonchev–Trinajstić information content (AvgIpc) is 2.59. The Kier molecular flexibility index (Phi) is 6.67. The van der Waals surface area contributed by atoms with Gasteiger partial charge in [-0.25, -0.2) is 0 Å². The summed E-state index contributed by atoms with van der Waals surface area (Å²) in [4.78, 5) is 14.7. The van der Waals surface area contributed by atoms with Crippen molar-refractivity contribution in [2.75, 3.05) is 6.26 Å². The van der Waals surface area contributed by atoms with Crippen LogP contribution in [-0.4, -0.2) is 31.5 Å². The van der Waals surface area contributed by atoms with Gasteiger partial charge in [0.25, 0.3) is 5.91 Å². The number of carbonyl (C=O) groups excluding carboxylic acids is 1. The van der Waals surface area contributed by atoms with Crippen molar-refractivity contribution in [2.24, 2.45) is 0 Å². The lowest BCUT2D eigenvalue weighted by atomic mass is 10.1. The second-order valence-corrected chi connectivity index (χ2v) is 8.08. The van der Waals surface area contributed by atoms with Gasteiger partial charge >= 0.3 is 10.1 Å². The highest BCUT2D eigenvalue weighted by molar-refractivity contribution is 7.86. The molecule has 0 aliphatic rings. The zero-order chi connectivity index (χ0) is 19.3. The minimum absolute atomic E-state index is 0.0192. The van der Waals surface area contributed by atoms with E-state index < -0.39 is 10.1 Å². The summed E-state index contributed by atoms with van der Waals surface area (Å²) in [5.41, 5.74) is 1.33. The Balaban J connectivity index is 2.23. The van der Waals surface area contributed by atoms with Gasteiger partial charge in [0.2, 0.25) is 0 Å². The maximum atomic E-state index is 13.0. The lowest BCUT2D eigenvalue weighted by molar-refractivity contribution is 0.0672. The van der Waals surface area contributed by atoms with E-state index in [4.69, 9.17) is 15.8 Å². The molecule has 0 saturated carbocycles. The second-order valence-electron chi connectivity index (χ2n) is 6.10. The third kappa shape index (κ3) is 5.47. The first-order valence-electron chi connectivity index (χ1n) is 8.25. The summed E-state index contributed by atoms with van der Waals surface area (Å²) in [6, 6.07) is 13.6. The Hall–Kier alpha value is -2.05. The van der Waals surface area contributed by atoms with E-state index in [2.05, 4.69) is 0 Å². The molecule has 0 aromatic heterocycles. The maximum Gasteiger partial charge on any atom is 0.306 e. The molecule has 5 nitrogen and oxygen atoms in total. The molecule has 1 amide bonds. The van der Waals surface area contributed by atoms with E-state index >= 15 is 0 Å². The smallest absolute Gasteiger partial charge is 0.306 e. The van der Waals surface area contributed by atoms with Crippen LogP contribution in [-0.2, 0) is 16.7 Å². The molecule has 2 aromatic rings. The van der Waals surface area contributed by atoms with E-state index in [0.717, 1.165) is 18.2 Å². The van der Waals surface area contributed by atoms with Crippen molar-refractivity contribution < 1.29 is 17.4 Å². The molecule has 1 atom stereocenters. The fourth-order valence-corrected chi connectivity index (χ4v) is 3.14. The molecule has 0 N–H and O–H groups in total. The predicted octanol–water partition coefficient (Wildman–Crippen LogP) is 4.12. The highest BCUT2D eigenvalue weighted by atomic mass is 35.5. The Bertz CT molecular complexity index is 865. The lowest BCUT2D eigenvalue weighted by Gasteiger charge is -2.29. The van der Waals surface area contributed by atoms with E-state index in [9.17, 15) is 13.2 Å². The lowest BCUT2D eigenvalue weighted by Crippen LogP contribution is -2.37. The average molecular weight is 396 g/mol. The Morgan fingerprint density at radius 3 is 2.31 bits per heavy atom. The largest absolute Gasteiger partial charge is 0.383 e. The molecule has 0 aliphatic heterocycles. The van der Waals surface area contributed by atoms with Crippen LogP contribution in [0.5, 0.6) is 5.75 Å². The zero-order valence-corrected chi connectivity index (χ0v) is 16.5. The van der Waals surface area contributed by atoms with E-state index in [1.807, 2.05) is 13.8 Å². The van der Waals surface area contributed by atoms with Gasteiger partial charge in [0, 0.05) is 12.6 Å². The second kappa shape index (κ2) is 8.56. The summed E-state index contributed by atoms with van der Waals surface area (Å²) < 4.78 is 27.2. The van der Waals surface area contributed by atoms with E-state index in [-0.39, 0.29) is 17.7 Å². The zero-order valence-electron chi connectivity index (χ0n) is 15.0. The van der Waals surface area contributed by atoms with E-state index in [1.165, 1.54) is 0 Å². The SMILES string of the molecule is CC[C@H](C)N(Cc1ccc(OS(C)(=O)=O)cc1)C(=O)c1ccccc1Cl. The molecule has 0 aliphatic carbocycles. The molecular formula is C19H22ClNO4S. The van der Waals surface area contributed by atoms with Crippen molar-refractivity contribution in [1.82, 2.24) is 4.90 Å². The van der Waals surface area contributed by atoms with Crippen LogP contribution in [0.25, 0.3) is 0 Å². The first-order chi connectivity index (χ1) is 12.2. The van der Waals surface area contributed by atoms with Gasteiger partial charge < -0.3 is 9.08 Å². The normalized spacial score (nSPS) is 12.5. The Labute approximate surface area is 159 Å². The van der Waals surface area contributed by atoms with Gasteiger partial charge in [0.1, 0.15) is 5.75 Å². The number of nitrogens with zero attached hydrogens (tertiary/aromatic N) is 1. The quantitative estimate of drug-likeness (QED) is 0.661. The van der Waals surface area contributed by atoms with Crippen LogP contribution in [0.15, 0.2) is 48.5 Å². The summed E-state index contributed by atoms with van der Waals surface area (Å²) in [7, 11) is -3.56. The molecule has 2 aromatic carbocycles. The Morgan fingerprint density at radius 1 is 1.15 bits per heavy atom. The van der Waals surface area contributed by atoms with E-state index in [1.54, 1.807) is 53.4 Å². The van der Waals surface area contributed by atoms with Gasteiger partial charge in [-0.2, -0.15) is 8.42 Å². The third-order valence-electron chi connectivity index (χ3n) is 4.01. The highest BCUT2D eigenvalue weighted by Gasteiger charge is 2.22. The van der Waals surface area contributed by atoms with Crippen LogP contribution in [0.4, 0.5) is 0 Å². The van der Waals surface area contributed by atoms with Crippen LogP contribution in [0.2, 0.25) is 5.02 Å². The molecule has 0 saturated heterocycles. The van der Waals surface area contributed by atoms with Crippen molar-refractivity contribution in [1.29, 1.82) is 0 Å². The molecule has 0 spiro atoms. The number of rotatable bonds is 7. The molecule has 7 heteroatoms. The molecule has 0 bridgehead atoms. The van der Waals surface area contributed by atoms with Crippen molar-refractivity contribution in [2.45, 2.75) is 32.9 Å². The monoisotopic (exact) mass is 395 g/mol. The van der Waals surface area contributed by atoms with Crippen molar-refractivity contribution >= 4 is 27.6 Å². The molecule has 0 unspecified atom stereocenters. The van der Waals surface area contributed by atoms with Crippen molar-refractivity contribution in [3.8, 4) is 5.75 Å². The molecule has 26 heavy (non-hydrogen) atoms. The maximum absolute atomic E-state index is 13.0. The number of carbonyl (C=O) groups is 1. The summed E-state index contributed by atoms with van der Waals surface area (Å²) in [5.74, 6) is 0.102. The van der Waals surface area contributed by atoms with Gasteiger partial charge in [-0.15, -0.1) is 0 Å². The van der Waals surface area contributed by atoms with Crippen LogP contribution >= 0.6 is 11.6 Å². The molecular weight excluding hydrogens is 374 g/mol. The Morgan fingerprint density at radius 2 is 1.77 bits per heavy atom. The first kappa shape index (κ1) is 20.3. The molecule has 0 heterocycles. The van der Waals surface area contributed by atoms with Crippen LogP contribution in [0.1, 0.15) is 36.2 Å².